The lowest BCUT2D eigenvalue weighted by atomic mass is 10.0. The number of nitrogens with one attached hydrogen (secondary N) is 1. The van der Waals surface area contributed by atoms with Crippen LogP contribution in [0, 0.1) is 0 Å². The zero-order valence-corrected chi connectivity index (χ0v) is 11.6. The van der Waals surface area contributed by atoms with E-state index < -0.39 is 0 Å². The van der Waals surface area contributed by atoms with E-state index >= 15 is 0 Å². The lowest BCUT2D eigenvalue weighted by Gasteiger charge is -2.32. The van der Waals surface area contributed by atoms with E-state index in [9.17, 15) is 0 Å². The molecule has 1 heterocycles. The third kappa shape index (κ3) is 2.74. The van der Waals surface area contributed by atoms with Gasteiger partial charge in [-0.3, -0.25) is 0 Å². The fourth-order valence-electron chi connectivity index (χ4n) is 3.01. The van der Waals surface area contributed by atoms with Gasteiger partial charge in [-0.05, 0) is 37.9 Å². The number of piperidine rings is 1. The van der Waals surface area contributed by atoms with E-state index in [4.69, 9.17) is 0 Å². The van der Waals surface area contributed by atoms with Crippen LogP contribution in [0.4, 0.5) is 5.69 Å². The number of hydrogen-bond acceptors (Lipinski definition) is 2. The summed E-state index contributed by atoms with van der Waals surface area (Å²) < 4.78 is 0. The second-order valence-electron chi connectivity index (χ2n) is 5.54. The largest absolute Gasteiger partial charge is 0.383 e. The van der Waals surface area contributed by atoms with Gasteiger partial charge in [0.05, 0.1) is 0 Å². The molecule has 1 atom stereocenters. The summed E-state index contributed by atoms with van der Waals surface area (Å²) in [6, 6.07) is 15.7. The molecule has 0 bridgehead atoms. The Labute approximate surface area is 115 Å². The zero-order chi connectivity index (χ0) is 13.1. The van der Waals surface area contributed by atoms with E-state index in [1.165, 1.54) is 42.3 Å². The Morgan fingerprint density at radius 3 is 2.84 bits per heavy atom. The number of benzene rings is 2. The normalized spacial score (nSPS) is 20.6. The Morgan fingerprint density at radius 1 is 1.11 bits per heavy atom. The number of likely N-dealkylation sites (tertiary alicyclic amines) is 1. The molecule has 2 aromatic carbocycles. The topological polar surface area (TPSA) is 15.3 Å². The highest BCUT2D eigenvalue weighted by Crippen LogP contribution is 2.24. The molecule has 0 aromatic heterocycles. The van der Waals surface area contributed by atoms with E-state index in [1.54, 1.807) is 0 Å². The molecule has 1 aliphatic rings. The van der Waals surface area contributed by atoms with Gasteiger partial charge in [-0.2, -0.15) is 0 Å². The monoisotopic (exact) mass is 254 g/mol. The van der Waals surface area contributed by atoms with E-state index in [-0.39, 0.29) is 0 Å². The summed E-state index contributed by atoms with van der Waals surface area (Å²) in [4.78, 5) is 2.49. The molecule has 0 amide bonds. The first-order valence-corrected chi connectivity index (χ1v) is 7.26. The number of rotatable bonds is 3. The molecule has 100 valence electrons. The number of fused-ring (bicyclic) bond motifs is 1. The van der Waals surface area contributed by atoms with Gasteiger partial charge < -0.3 is 10.2 Å². The van der Waals surface area contributed by atoms with E-state index in [2.05, 4.69) is 59.7 Å². The second-order valence-corrected chi connectivity index (χ2v) is 5.54. The molecule has 1 unspecified atom stereocenters. The van der Waals surface area contributed by atoms with Crippen LogP contribution in [0.2, 0.25) is 0 Å². The smallest absolute Gasteiger partial charge is 0.0420 e. The zero-order valence-electron chi connectivity index (χ0n) is 11.6. The van der Waals surface area contributed by atoms with E-state index in [0.717, 1.165) is 6.54 Å². The van der Waals surface area contributed by atoms with Crippen molar-refractivity contribution in [1.82, 2.24) is 4.90 Å². The van der Waals surface area contributed by atoms with Crippen LogP contribution in [-0.4, -0.2) is 31.1 Å². The first-order valence-electron chi connectivity index (χ1n) is 7.26. The Hall–Kier alpha value is -1.54. The molecule has 0 aliphatic carbocycles. The van der Waals surface area contributed by atoms with Crippen LogP contribution in [-0.2, 0) is 0 Å². The van der Waals surface area contributed by atoms with Crippen LogP contribution in [0.1, 0.15) is 19.3 Å². The van der Waals surface area contributed by atoms with Crippen LogP contribution >= 0.6 is 0 Å². The Balaban J connectivity index is 1.74. The average molecular weight is 254 g/mol. The molecule has 1 N–H and O–H groups in total. The van der Waals surface area contributed by atoms with Crippen molar-refractivity contribution in [3.63, 3.8) is 0 Å². The minimum absolute atomic E-state index is 0.674. The Kier molecular flexibility index (Phi) is 3.69. The van der Waals surface area contributed by atoms with Crippen LogP contribution in [0.3, 0.4) is 0 Å². The molecule has 1 fully saturated rings. The van der Waals surface area contributed by atoms with Gasteiger partial charge in [0, 0.05) is 23.7 Å². The van der Waals surface area contributed by atoms with Crippen molar-refractivity contribution in [2.24, 2.45) is 0 Å². The molecule has 0 saturated carbocycles. The molecule has 2 nitrogen and oxygen atoms in total. The summed E-state index contributed by atoms with van der Waals surface area (Å²) >= 11 is 0. The molecular formula is C17H22N2. The highest BCUT2D eigenvalue weighted by atomic mass is 15.2. The minimum Gasteiger partial charge on any atom is -0.383 e. The number of hydrogen-bond donors (Lipinski definition) is 1. The molecule has 3 rings (SSSR count). The predicted molar refractivity (Wildman–Crippen MR) is 82.7 cm³/mol. The summed E-state index contributed by atoms with van der Waals surface area (Å²) in [5.74, 6) is 0. The summed E-state index contributed by atoms with van der Waals surface area (Å²) in [7, 11) is 2.24. The highest BCUT2D eigenvalue weighted by molar-refractivity contribution is 5.93. The third-order valence-electron chi connectivity index (χ3n) is 4.24. The van der Waals surface area contributed by atoms with Crippen LogP contribution in [0.15, 0.2) is 42.5 Å². The van der Waals surface area contributed by atoms with Crippen molar-refractivity contribution in [2.45, 2.75) is 25.3 Å². The first-order chi connectivity index (χ1) is 9.34. The predicted octanol–water partition coefficient (Wildman–Crippen LogP) is 3.74. The van der Waals surface area contributed by atoms with Crippen molar-refractivity contribution in [3.8, 4) is 0 Å². The lowest BCUT2D eigenvalue weighted by Crippen LogP contribution is -2.40. The van der Waals surface area contributed by atoms with Gasteiger partial charge in [0.25, 0.3) is 0 Å². The molecule has 19 heavy (non-hydrogen) atoms. The van der Waals surface area contributed by atoms with Gasteiger partial charge in [0.15, 0.2) is 0 Å². The number of nitrogens with zero attached hydrogens (tertiary/aromatic N) is 1. The number of likely N-dealkylation sites (N-methyl/N-ethyl adjacent to an activating group) is 1. The van der Waals surface area contributed by atoms with Crippen molar-refractivity contribution in [1.29, 1.82) is 0 Å². The summed E-state index contributed by atoms with van der Waals surface area (Å²) in [6.07, 6.45) is 4.03. The van der Waals surface area contributed by atoms with Crippen LogP contribution < -0.4 is 5.32 Å². The maximum atomic E-state index is 3.65. The SMILES string of the molecule is CN1CCCCC1CNc1cccc2ccccc12. The van der Waals surface area contributed by atoms with Crippen LogP contribution in [0.25, 0.3) is 10.8 Å². The molecule has 0 radical (unpaired) electrons. The van der Waals surface area contributed by atoms with Crippen molar-refractivity contribution >= 4 is 16.5 Å². The molecule has 1 aliphatic heterocycles. The van der Waals surface area contributed by atoms with Crippen LogP contribution in [0.5, 0.6) is 0 Å². The quantitative estimate of drug-likeness (QED) is 0.897. The highest BCUT2D eigenvalue weighted by Gasteiger charge is 2.18. The van der Waals surface area contributed by atoms with E-state index in [1.807, 2.05) is 0 Å². The molecular weight excluding hydrogens is 232 g/mol. The van der Waals surface area contributed by atoms with Crippen molar-refractivity contribution in [3.05, 3.63) is 42.5 Å². The summed E-state index contributed by atoms with van der Waals surface area (Å²) in [5, 5.41) is 6.28. The molecule has 2 heteroatoms. The fourth-order valence-corrected chi connectivity index (χ4v) is 3.01. The van der Waals surface area contributed by atoms with Crippen molar-refractivity contribution in [2.75, 3.05) is 25.5 Å². The van der Waals surface area contributed by atoms with Gasteiger partial charge in [0.1, 0.15) is 0 Å². The molecule has 2 aromatic rings. The Bertz CT molecular complexity index is 544. The molecule has 1 saturated heterocycles. The Morgan fingerprint density at radius 2 is 1.95 bits per heavy atom. The minimum atomic E-state index is 0.674. The lowest BCUT2D eigenvalue weighted by molar-refractivity contribution is 0.195. The average Bonchev–Trinajstić information content (AvgIpc) is 2.46. The van der Waals surface area contributed by atoms with Gasteiger partial charge in [-0.25, -0.2) is 0 Å². The number of anilines is 1. The van der Waals surface area contributed by atoms with Crippen molar-refractivity contribution < 1.29 is 0 Å². The van der Waals surface area contributed by atoms with Gasteiger partial charge >= 0.3 is 0 Å². The third-order valence-corrected chi connectivity index (χ3v) is 4.24. The van der Waals surface area contributed by atoms with Gasteiger partial charge in [-0.15, -0.1) is 0 Å². The standard InChI is InChI=1S/C17H22N2/c1-19-12-5-4-9-15(19)13-18-17-11-6-8-14-7-2-3-10-16(14)17/h2-3,6-8,10-11,15,18H,4-5,9,12-13H2,1H3. The van der Waals surface area contributed by atoms with E-state index in [0.29, 0.717) is 6.04 Å². The maximum absolute atomic E-state index is 3.65. The maximum Gasteiger partial charge on any atom is 0.0420 e. The molecule has 0 spiro atoms. The second kappa shape index (κ2) is 5.62. The van der Waals surface area contributed by atoms with Gasteiger partial charge in [0.2, 0.25) is 0 Å². The summed E-state index contributed by atoms with van der Waals surface area (Å²) in [6.45, 7) is 2.28. The summed E-state index contributed by atoms with van der Waals surface area (Å²) in [5.41, 5.74) is 1.26. The van der Waals surface area contributed by atoms with Gasteiger partial charge in [-0.1, -0.05) is 42.8 Å². The fraction of sp³-hybridized carbons (Fsp3) is 0.412. The first kappa shape index (κ1) is 12.5.